The Labute approximate surface area is 216 Å². The van der Waals surface area contributed by atoms with E-state index < -0.39 is 5.54 Å². The van der Waals surface area contributed by atoms with E-state index in [1.165, 1.54) is 12.1 Å². The standard InChI is InChI=1S/C28H35FN6O2/c1-18(2)22-15-23(20-7-9-21(29)10-8-20)32-35-17-24(31-25(22)35)26(36)33-13-14-34(19(3)16-33)27(37)28(30)11-5-4-6-12-28/h7-10,15,17-19H,4-6,11-14,16,30H2,1-3H3/t19-/m0/s1. The van der Waals surface area contributed by atoms with E-state index in [-0.39, 0.29) is 29.6 Å². The van der Waals surface area contributed by atoms with Crippen LogP contribution in [0.1, 0.15) is 74.8 Å². The van der Waals surface area contributed by atoms with Gasteiger partial charge in [0.05, 0.1) is 17.4 Å². The van der Waals surface area contributed by atoms with E-state index in [4.69, 9.17) is 5.73 Å². The second kappa shape index (κ2) is 9.85. The predicted octanol–water partition coefficient (Wildman–Crippen LogP) is 3.99. The summed E-state index contributed by atoms with van der Waals surface area (Å²) in [4.78, 5) is 35.0. The van der Waals surface area contributed by atoms with Gasteiger partial charge in [-0.2, -0.15) is 5.10 Å². The first kappa shape index (κ1) is 25.3. The van der Waals surface area contributed by atoms with E-state index in [1.807, 2.05) is 17.9 Å². The fraction of sp³-hybridized carbons (Fsp3) is 0.500. The van der Waals surface area contributed by atoms with Gasteiger partial charge in [0, 0.05) is 36.8 Å². The van der Waals surface area contributed by atoms with Crippen molar-refractivity contribution in [1.29, 1.82) is 0 Å². The highest BCUT2D eigenvalue weighted by molar-refractivity contribution is 5.93. The van der Waals surface area contributed by atoms with Crippen molar-refractivity contribution in [2.24, 2.45) is 5.73 Å². The molecule has 1 saturated carbocycles. The minimum Gasteiger partial charge on any atom is -0.335 e. The zero-order valence-corrected chi connectivity index (χ0v) is 21.8. The third-order valence-electron chi connectivity index (χ3n) is 7.78. The fourth-order valence-corrected chi connectivity index (χ4v) is 5.58. The van der Waals surface area contributed by atoms with Crippen molar-refractivity contribution < 1.29 is 14.0 Å². The third-order valence-corrected chi connectivity index (χ3v) is 7.78. The van der Waals surface area contributed by atoms with E-state index in [2.05, 4.69) is 23.9 Å². The Balaban J connectivity index is 1.37. The smallest absolute Gasteiger partial charge is 0.274 e. The molecule has 1 aromatic carbocycles. The molecule has 3 heterocycles. The number of imidazole rings is 1. The minimum atomic E-state index is -0.776. The summed E-state index contributed by atoms with van der Waals surface area (Å²) in [7, 11) is 0. The molecule has 9 heteroatoms. The molecule has 0 bridgehead atoms. The minimum absolute atomic E-state index is 0.0126. The van der Waals surface area contributed by atoms with Gasteiger partial charge in [-0.25, -0.2) is 13.9 Å². The van der Waals surface area contributed by atoms with Gasteiger partial charge in [-0.05, 0) is 56.0 Å². The highest BCUT2D eigenvalue weighted by atomic mass is 19.1. The number of hydrogen-bond acceptors (Lipinski definition) is 5. The number of fused-ring (bicyclic) bond motifs is 1. The van der Waals surface area contributed by atoms with Crippen LogP contribution in [0.4, 0.5) is 4.39 Å². The van der Waals surface area contributed by atoms with Crippen molar-refractivity contribution >= 4 is 17.5 Å². The zero-order chi connectivity index (χ0) is 26.3. The van der Waals surface area contributed by atoms with Crippen LogP contribution in [-0.4, -0.2) is 67.4 Å². The molecule has 2 N–H and O–H groups in total. The molecular weight excluding hydrogens is 471 g/mol. The Hall–Kier alpha value is -3.33. The first-order valence-electron chi connectivity index (χ1n) is 13.2. The topological polar surface area (TPSA) is 96.8 Å². The summed E-state index contributed by atoms with van der Waals surface area (Å²) >= 11 is 0. The molecule has 5 rings (SSSR count). The van der Waals surface area contributed by atoms with Crippen LogP contribution in [0.3, 0.4) is 0 Å². The summed E-state index contributed by atoms with van der Waals surface area (Å²) in [6.07, 6.45) is 6.21. The van der Waals surface area contributed by atoms with Crippen LogP contribution in [0.2, 0.25) is 0 Å². The van der Waals surface area contributed by atoms with Crippen LogP contribution in [0.15, 0.2) is 36.5 Å². The van der Waals surface area contributed by atoms with Crippen LogP contribution in [0, 0.1) is 5.82 Å². The number of carbonyl (C=O) groups excluding carboxylic acids is 2. The lowest BCUT2D eigenvalue weighted by atomic mass is 9.81. The van der Waals surface area contributed by atoms with Crippen LogP contribution in [0.5, 0.6) is 0 Å². The Bertz CT molecular complexity index is 1310. The summed E-state index contributed by atoms with van der Waals surface area (Å²) in [5.74, 6) is -0.324. The van der Waals surface area contributed by atoms with Gasteiger partial charge in [-0.1, -0.05) is 33.1 Å². The molecule has 1 saturated heterocycles. The molecule has 2 fully saturated rings. The van der Waals surface area contributed by atoms with Gasteiger partial charge in [-0.15, -0.1) is 0 Å². The summed E-state index contributed by atoms with van der Waals surface area (Å²) in [6, 6.07) is 8.03. The molecule has 0 unspecified atom stereocenters. The number of hydrogen-bond donors (Lipinski definition) is 1. The predicted molar refractivity (Wildman–Crippen MR) is 140 cm³/mol. The monoisotopic (exact) mass is 506 g/mol. The van der Waals surface area contributed by atoms with Gasteiger partial charge in [0.2, 0.25) is 5.91 Å². The van der Waals surface area contributed by atoms with E-state index in [0.29, 0.717) is 36.7 Å². The van der Waals surface area contributed by atoms with Crippen molar-refractivity contribution in [3.63, 3.8) is 0 Å². The number of benzene rings is 1. The molecule has 2 amide bonds. The summed E-state index contributed by atoms with van der Waals surface area (Å²) in [5.41, 5.74) is 9.12. The summed E-state index contributed by atoms with van der Waals surface area (Å²) < 4.78 is 15.1. The maximum absolute atomic E-state index is 13.5. The van der Waals surface area contributed by atoms with Gasteiger partial charge in [0.1, 0.15) is 11.5 Å². The molecule has 1 atom stereocenters. The van der Waals surface area contributed by atoms with Gasteiger partial charge in [0.15, 0.2) is 5.65 Å². The summed E-state index contributed by atoms with van der Waals surface area (Å²) in [5, 5.41) is 4.67. The van der Waals surface area contributed by atoms with Gasteiger partial charge in [-0.3, -0.25) is 9.59 Å². The maximum Gasteiger partial charge on any atom is 0.274 e. The number of rotatable bonds is 4. The number of nitrogens with zero attached hydrogens (tertiary/aromatic N) is 5. The average molecular weight is 507 g/mol. The SMILES string of the molecule is CC(C)c1cc(-c2ccc(F)cc2)nn2cc(C(=O)N3CCN(C(=O)C4(N)CCCCC4)[C@@H](C)C3)nc12. The van der Waals surface area contributed by atoms with Crippen LogP contribution >= 0.6 is 0 Å². The Morgan fingerprint density at radius 2 is 1.81 bits per heavy atom. The Kier molecular flexibility index (Phi) is 6.74. The molecule has 2 aromatic heterocycles. The molecule has 37 heavy (non-hydrogen) atoms. The second-order valence-corrected chi connectivity index (χ2v) is 10.9. The van der Waals surface area contributed by atoms with Gasteiger partial charge in [0.25, 0.3) is 5.91 Å². The largest absolute Gasteiger partial charge is 0.335 e. The molecule has 0 spiro atoms. The van der Waals surface area contributed by atoms with Crippen molar-refractivity contribution in [3.8, 4) is 11.3 Å². The summed E-state index contributed by atoms with van der Waals surface area (Å²) in [6.45, 7) is 7.43. The van der Waals surface area contributed by atoms with Crippen LogP contribution in [0.25, 0.3) is 16.9 Å². The molecule has 196 valence electrons. The van der Waals surface area contributed by atoms with Crippen molar-refractivity contribution in [1.82, 2.24) is 24.4 Å². The van der Waals surface area contributed by atoms with Crippen molar-refractivity contribution in [2.75, 3.05) is 19.6 Å². The molecule has 0 radical (unpaired) electrons. The molecule has 1 aliphatic heterocycles. The fourth-order valence-electron chi connectivity index (χ4n) is 5.58. The highest BCUT2D eigenvalue weighted by Crippen LogP contribution is 2.30. The van der Waals surface area contributed by atoms with E-state index in [0.717, 1.165) is 43.2 Å². The average Bonchev–Trinajstić information content (AvgIpc) is 3.32. The number of piperazine rings is 1. The first-order valence-corrected chi connectivity index (χ1v) is 13.2. The third kappa shape index (κ3) is 4.84. The number of aromatic nitrogens is 3. The molecular formula is C28H35FN6O2. The number of halogens is 1. The lowest BCUT2D eigenvalue weighted by Crippen LogP contribution is -2.63. The zero-order valence-electron chi connectivity index (χ0n) is 21.8. The molecule has 1 aliphatic carbocycles. The number of amides is 2. The first-order chi connectivity index (χ1) is 17.7. The van der Waals surface area contributed by atoms with Crippen LogP contribution < -0.4 is 5.73 Å². The highest BCUT2D eigenvalue weighted by Gasteiger charge is 2.41. The Morgan fingerprint density at radius 1 is 1.11 bits per heavy atom. The normalized spacial score (nSPS) is 20.0. The molecule has 8 nitrogen and oxygen atoms in total. The lowest BCUT2D eigenvalue weighted by Gasteiger charge is -2.44. The van der Waals surface area contributed by atoms with E-state index in [9.17, 15) is 14.0 Å². The Morgan fingerprint density at radius 3 is 2.46 bits per heavy atom. The van der Waals surface area contributed by atoms with Crippen molar-refractivity contribution in [3.05, 3.63) is 53.6 Å². The molecule has 2 aliphatic rings. The molecule has 3 aromatic rings. The maximum atomic E-state index is 13.5. The number of carbonyl (C=O) groups is 2. The number of nitrogens with two attached hydrogens (primary N) is 1. The second-order valence-electron chi connectivity index (χ2n) is 10.9. The quantitative estimate of drug-likeness (QED) is 0.577. The van der Waals surface area contributed by atoms with Crippen molar-refractivity contribution in [2.45, 2.75) is 70.4 Å². The van der Waals surface area contributed by atoms with Gasteiger partial charge < -0.3 is 15.5 Å². The van der Waals surface area contributed by atoms with Gasteiger partial charge >= 0.3 is 0 Å². The lowest BCUT2D eigenvalue weighted by molar-refractivity contribution is -0.142. The van der Waals surface area contributed by atoms with E-state index >= 15 is 0 Å². The van der Waals surface area contributed by atoms with Crippen LogP contribution in [-0.2, 0) is 4.79 Å². The van der Waals surface area contributed by atoms with E-state index in [1.54, 1.807) is 27.7 Å².